The van der Waals surface area contributed by atoms with Crippen molar-refractivity contribution in [1.29, 1.82) is 0 Å². The lowest BCUT2D eigenvalue weighted by atomic mass is 10.0. The van der Waals surface area contributed by atoms with Crippen LogP contribution in [-0.2, 0) is 9.59 Å². The zero-order valence-corrected chi connectivity index (χ0v) is 12.3. The summed E-state index contributed by atoms with van der Waals surface area (Å²) in [6, 6.07) is -0.418. The van der Waals surface area contributed by atoms with Crippen molar-refractivity contribution in [1.82, 2.24) is 19.4 Å². The van der Waals surface area contributed by atoms with Gasteiger partial charge >= 0.3 is 0 Å². The molecular weight excluding hydrogens is 270 g/mol. The van der Waals surface area contributed by atoms with E-state index in [0.29, 0.717) is 24.3 Å². The lowest BCUT2D eigenvalue weighted by Crippen LogP contribution is -2.43. The molecule has 7 nitrogen and oxygen atoms in total. The molecule has 0 aromatic carbocycles. The lowest BCUT2D eigenvalue weighted by Gasteiger charge is -2.29. The molecular formula is C14H17N5O2. The highest BCUT2D eigenvalue weighted by Gasteiger charge is 2.35. The minimum absolute atomic E-state index is 0.142. The van der Waals surface area contributed by atoms with Gasteiger partial charge in [-0.15, -0.1) is 0 Å². The topological polar surface area (TPSA) is 94.1 Å². The van der Waals surface area contributed by atoms with Gasteiger partial charge in [0.1, 0.15) is 23.8 Å². The predicted octanol–water partition coefficient (Wildman–Crippen LogP) is 0.950. The number of rotatable bonds is 1. The number of nitrogens with zero attached hydrogens (tertiary/aromatic N) is 4. The maximum atomic E-state index is 12.4. The van der Waals surface area contributed by atoms with E-state index in [-0.39, 0.29) is 11.8 Å². The van der Waals surface area contributed by atoms with Gasteiger partial charge in [-0.05, 0) is 25.8 Å². The molecule has 1 unspecified atom stereocenters. The van der Waals surface area contributed by atoms with Crippen LogP contribution in [0.3, 0.4) is 0 Å². The summed E-state index contributed by atoms with van der Waals surface area (Å²) in [5.41, 5.74) is 8.49. The molecule has 2 amide bonds. The molecule has 2 N–H and O–H groups in total. The molecule has 1 atom stereocenters. The first-order valence-corrected chi connectivity index (χ1v) is 6.81. The van der Waals surface area contributed by atoms with Crippen LogP contribution in [0.15, 0.2) is 6.33 Å². The predicted molar refractivity (Wildman–Crippen MR) is 77.5 cm³/mol. The number of hydrogen-bond donors (Lipinski definition) is 1. The van der Waals surface area contributed by atoms with Gasteiger partial charge in [-0.1, -0.05) is 0 Å². The third-order valence-electron chi connectivity index (χ3n) is 4.30. The molecule has 3 heterocycles. The first-order chi connectivity index (χ1) is 9.93. The molecule has 0 radical (unpaired) electrons. The number of carbonyl (C=O) groups excluding carboxylic acids is 2. The molecule has 0 saturated carbocycles. The van der Waals surface area contributed by atoms with E-state index < -0.39 is 6.04 Å². The van der Waals surface area contributed by atoms with E-state index in [1.807, 2.05) is 18.4 Å². The Morgan fingerprint density at radius 3 is 2.71 bits per heavy atom. The fourth-order valence-electron chi connectivity index (χ4n) is 2.97. The second-order valence-electron chi connectivity index (χ2n) is 5.38. The lowest BCUT2D eigenvalue weighted by molar-refractivity contribution is -0.149. The van der Waals surface area contributed by atoms with Gasteiger partial charge < -0.3 is 10.3 Å². The molecule has 0 bridgehead atoms. The summed E-state index contributed by atoms with van der Waals surface area (Å²) in [6.07, 6.45) is 2.23. The summed E-state index contributed by atoms with van der Waals surface area (Å²) in [6.45, 7) is 3.87. The fourth-order valence-corrected chi connectivity index (χ4v) is 2.97. The van der Waals surface area contributed by atoms with Crippen LogP contribution < -0.4 is 5.73 Å². The van der Waals surface area contributed by atoms with Crippen LogP contribution in [0.1, 0.15) is 30.1 Å². The number of hydrogen-bond acceptors (Lipinski definition) is 5. The second-order valence-corrected chi connectivity index (χ2v) is 5.38. The summed E-state index contributed by atoms with van der Waals surface area (Å²) in [4.78, 5) is 33.6. The van der Waals surface area contributed by atoms with Crippen molar-refractivity contribution in [2.75, 3.05) is 12.8 Å². The number of imide groups is 1. The molecule has 1 aliphatic heterocycles. The largest absolute Gasteiger partial charge is 0.383 e. The Bertz CT molecular complexity index is 764. The molecule has 1 fully saturated rings. The number of nitrogen functional groups attached to an aromatic ring is 1. The zero-order chi connectivity index (χ0) is 15.3. The first-order valence-electron chi connectivity index (χ1n) is 6.81. The van der Waals surface area contributed by atoms with Crippen LogP contribution in [0.4, 0.5) is 5.82 Å². The molecule has 7 heteroatoms. The monoisotopic (exact) mass is 287 g/mol. The van der Waals surface area contributed by atoms with Crippen molar-refractivity contribution in [3.8, 4) is 0 Å². The third kappa shape index (κ3) is 1.80. The Hall–Kier alpha value is -2.44. The van der Waals surface area contributed by atoms with Crippen molar-refractivity contribution in [2.45, 2.75) is 32.7 Å². The summed E-state index contributed by atoms with van der Waals surface area (Å²) in [5.74, 6) is 0.0618. The molecule has 2 aromatic rings. The Balaban J connectivity index is 2.22. The third-order valence-corrected chi connectivity index (χ3v) is 4.30. The standard InChI is InChI=1S/C14H17N5O2/c1-7-8(2)19(13-11(7)12(15)16-6-17-13)9-4-5-10(20)18(3)14(9)21/h6,9H,4-5H2,1-3H3,(H2,15,16,17). The van der Waals surface area contributed by atoms with Gasteiger partial charge in [-0.3, -0.25) is 14.5 Å². The number of fused-ring (bicyclic) bond motifs is 1. The van der Waals surface area contributed by atoms with Crippen molar-refractivity contribution in [2.24, 2.45) is 0 Å². The van der Waals surface area contributed by atoms with E-state index in [4.69, 9.17) is 5.73 Å². The number of likely N-dealkylation sites (N-methyl/N-ethyl adjacent to an activating group) is 1. The normalized spacial score (nSPS) is 19.6. The SMILES string of the molecule is Cc1c(C)n(C2CCC(=O)N(C)C2=O)c2ncnc(N)c12. The molecule has 0 aliphatic carbocycles. The van der Waals surface area contributed by atoms with E-state index in [1.165, 1.54) is 18.3 Å². The Morgan fingerprint density at radius 2 is 2.00 bits per heavy atom. The molecule has 2 aromatic heterocycles. The molecule has 0 spiro atoms. The van der Waals surface area contributed by atoms with E-state index in [9.17, 15) is 9.59 Å². The maximum Gasteiger partial charge on any atom is 0.252 e. The summed E-state index contributed by atoms with van der Waals surface area (Å²) in [5, 5.41) is 0.780. The van der Waals surface area contributed by atoms with Crippen LogP contribution in [-0.4, -0.2) is 38.3 Å². The number of aryl methyl sites for hydroxylation is 1. The molecule has 1 aliphatic rings. The van der Waals surface area contributed by atoms with Crippen molar-refractivity contribution >= 4 is 28.7 Å². The van der Waals surface area contributed by atoms with E-state index in [2.05, 4.69) is 9.97 Å². The number of nitrogens with two attached hydrogens (primary N) is 1. The fraction of sp³-hybridized carbons (Fsp3) is 0.429. The van der Waals surface area contributed by atoms with Gasteiger partial charge in [0.05, 0.1) is 5.39 Å². The average Bonchev–Trinajstić information content (AvgIpc) is 2.71. The summed E-state index contributed by atoms with van der Waals surface area (Å²) < 4.78 is 1.88. The first kappa shape index (κ1) is 13.5. The molecule has 3 rings (SSSR count). The molecule has 1 saturated heterocycles. The van der Waals surface area contributed by atoms with Crippen LogP contribution in [0.5, 0.6) is 0 Å². The van der Waals surface area contributed by atoms with Crippen LogP contribution in [0.25, 0.3) is 11.0 Å². The molecule has 110 valence electrons. The number of amides is 2. The smallest absolute Gasteiger partial charge is 0.252 e. The van der Waals surface area contributed by atoms with Gasteiger partial charge in [-0.25, -0.2) is 9.97 Å². The van der Waals surface area contributed by atoms with Crippen molar-refractivity contribution < 1.29 is 9.59 Å². The minimum Gasteiger partial charge on any atom is -0.383 e. The van der Waals surface area contributed by atoms with Gasteiger partial charge in [-0.2, -0.15) is 0 Å². The number of piperidine rings is 1. The quantitative estimate of drug-likeness (QED) is 0.788. The van der Waals surface area contributed by atoms with Crippen molar-refractivity contribution in [3.63, 3.8) is 0 Å². The summed E-state index contributed by atoms with van der Waals surface area (Å²) >= 11 is 0. The van der Waals surface area contributed by atoms with Crippen LogP contribution in [0, 0.1) is 13.8 Å². The van der Waals surface area contributed by atoms with E-state index >= 15 is 0 Å². The Morgan fingerprint density at radius 1 is 1.29 bits per heavy atom. The van der Waals surface area contributed by atoms with Crippen molar-refractivity contribution in [3.05, 3.63) is 17.6 Å². The minimum atomic E-state index is -0.418. The Kier molecular flexibility index (Phi) is 2.93. The van der Waals surface area contributed by atoms with Crippen LogP contribution >= 0.6 is 0 Å². The van der Waals surface area contributed by atoms with E-state index in [1.54, 1.807) is 0 Å². The van der Waals surface area contributed by atoms with Crippen LogP contribution in [0.2, 0.25) is 0 Å². The van der Waals surface area contributed by atoms with Gasteiger partial charge in [0.2, 0.25) is 5.91 Å². The maximum absolute atomic E-state index is 12.4. The highest BCUT2D eigenvalue weighted by molar-refractivity contribution is 6.00. The Labute approximate surface area is 121 Å². The number of aromatic nitrogens is 3. The number of anilines is 1. The second kappa shape index (κ2) is 4.54. The summed E-state index contributed by atoms with van der Waals surface area (Å²) in [7, 11) is 1.52. The van der Waals surface area contributed by atoms with Gasteiger partial charge in [0, 0.05) is 19.2 Å². The average molecular weight is 287 g/mol. The highest BCUT2D eigenvalue weighted by atomic mass is 16.2. The van der Waals surface area contributed by atoms with Gasteiger partial charge in [0.15, 0.2) is 0 Å². The highest BCUT2D eigenvalue weighted by Crippen LogP contribution is 2.33. The number of carbonyl (C=O) groups is 2. The zero-order valence-electron chi connectivity index (χ0n) is 12.3. The molecule has 21 heavy (non-hydrogen) atoms. The number of likely N-dealkylation sites (tertiary alicyclic amines) is 1. The van der Waals surface area contributed by atoms with E-state index in [0.717, 1.165) is 16.6 Å². The van der Waals surface area contributed by atoms with Gasteiger partial charge in [0.25, 0.3) is 5.91 Å².